The molecule has 0 aliphatic carbocycles. The van der Waals surface area contributed by atoms with E-state index in [1.807, 2.05) is 218 Å². The van der Waals surface area contributed by atoms with Crippen LogP contribution < -0.4 is 22.1 Å². The second-order valence-electron chi connectivity index (χ2n) is 11.8. The standard InChI is InChI=1S/2C12H11N.2C7H8.2C6H7N/c2*1-3-7-11(8-4-1)13-12-9-5-2-6-10-12;2*1-7-5-3-2-4-6-7;2*7-6-4-2-1-3-5-6/h2*1-10,13H;2*2-6H,1H3;2*1-5H,7H2. The van der Waals surface area contributed by atoms with E-state index in [0.29, 0.717) is 0 Å². The number of para-hydroxylation sites is 6. The predicted octanol–water partition coefficient (Wildman–Crippen LogP) is 13.4. The minimum absolute atomic E-state index is 0.822. The second-order valence-corrected chi connectivity index (χ2v) is 11.8. The van der Waals surface area contributed by atoms with Gasteiger partial charge in [-0.3, -0.25) is 0 Å². The van der Waals surface area contributed by atoms with Gasteiger partial charge in [-0.2, -0.15) is 0 Å². The summed E-state index contributed by atoms with van der Waals surface area (Å²) >= 11 is 0. The molecule has 0 spiro atoms. The van der Waals surface area contributed by atoms with Gasteiger partial charge in [0.1, 0.15) is 0 Å². The summed E-state index contributed by atoms with van der Waals surface area (Å²) in [7, 11) is 0. The van der Waals surface area contributed by atoms with Crippen LogP contribution in [0.25, 0.3) is 0 Å². The Bertz CT molecular complexity index is 1690. The lowest BCUT2D eigenvalue weighted by atomic mass is 10.2. The first kappa shape index (κ1) is 41.4. The fraction of sp³-hybridized carbons (Fsp3) is 0.0400. The third-order valence-corrected chi connectivity index (χ3v) is 7.15. The van der Waals surface area contributed by atoms with E-state index in [4.69, 9.17) is 11.5 Å². The number of nitrogen functional groups attached to an aromatic ring is 2. The van der Waals surface area contributed by atoms with E-state index in [9.17, 15) is 0 Å². The molecule has 0 saturated heterocycles. The minimum atomic E-state index is 0.822. The van der Waals surface area contributed by atoms with Gasteiger partial charge in [-0.05, 0) is 86.6 Å². The van der Waals surface area contributed by atoms with Crippen LogP contribution in [0.4, 0.5) is 34.1 Å². The van der Waals surface area contributed by atoms with Gasteiger partial charge in [-0.15, -0.1) is 0 Å². The third kappa shape index (κ3) is 20.6. The number of hydrogen-bond acceptors (Lipinski definition) is 4. The molecule has 0 aliphatic rings. The van der Waals surface area contributed by atoms with Crippen LogP contribution in [0.1, 0.15) is 11.1 Å². The summed E-state index contributed by atoms with van der Waals surface area (Å²) in [5.41, 5.74) is 19.5. The van der Waals surface area contributed by atoms with Gasteiger partial charge >= 0.3 is 0 Å². The molecule has 8 aromatic carbocycles. The molecule has 0 atom stereocenters. The molecule has 0 aliphatic heterocycles. The first-order chi connectivity index (χ1) is 26.5. The van der Waals surface area contributed by atoms with Crippen LogP contribution in [-0.4, -0.2) is 0 Å². The van der Waals surface area contributed by atoms with Crippen molar-refractivity contribution in [1.82, 2.24) is 0 Å². The topological polar surface area (TPSA) is 76.1 Å². The first-order valence-electron chi connectivity index (χ1n) is 17.9. The van der Waals surface area contributed by atoms with Crippen LogP contribution in [0.15, 0.2) is 243 Å². The van der Waals surface area contributed by atoms with E-state index >= 15 is 0 Å². The van der Waals surface area contributed by atoms with E-state index in [2.05, 4.69) is 48.7 Å². The van der Waals surface area contributed by atoms with E-state index in [1.54, 1.807) is 0 Å². The number of nitrogens with two attached hydrogens (primary N) is 2. The first-order valence-corrected chi connectivity index (χ1v) is 17.9. The van der Waals surface area contributed by atoms with E-state index < -0.39 is 0 Å². The largest absolute Gasteiger partial charge is 0.399 e. The van der Waals surface area contributed by atoms with Gasteiger partial charge in [-0.1, -0.05) is 181 Å². The van der Waals surface area contributed by atoms with Crippen molar-refractivity contribution >= 4 is 34.1 Å². The Morgan fingerprint density at radius 2 is 0.407 bits per heavy atom. The predicted molar refractivity (Wildman–Crippen MR) is 236 cm³/mol. The molecule has 272 valence electrons. The molecule has 0 saturated carbocycles. The average Bonchev–Trinajstić information content (AvgIpc) is 3.22. The van der Waals surface area contributed by atoms with Crippen LogP contribution in [0.2, 0.25) is 0 Å². The molecule has 4 heteroatoms. The van der Waals surface area contributed by atoms with Crippen molar-refractivity contribution in [2.45, 2.75) is 13.8 Å². The Balaban J connectivity index is 0.000000179. The Kier molecular flexibility index (Phi) is 20.5. The van der Waals surface area contributed by atoms with Crippen LogP contribution in [0.5, 0.6) is 0 Å². The van der Waals surface area contributed by atoms with Crippen LogP contribution in [0.3, 0.4) is 0 Å². The zero-order valence-corrected chi connectivity index (χ0v) is 31.2. The number of benzene rings is 8. The lowest BCUT2D eigenvalue weighted by Gasteiger charge is -2.04. The van der Waals surface area contributed by atoms with Gasteiger partial charge in [0.05, 0.1) is 0 Å². The SMILES string of the molecule is Cc1ccccc1.Cc1ccccc1.Nc1ccccc1.Nc1ccccc1.c1ccc(Nc2ccccc2)cc1.c1ccc(Nc2ccccc2)cc1. The number of nitrogens with one attached hydrogen (secondary N) is 2. The molecule has 0 unspecified atom stereocenters. The summed E-state index contributed by atoms with van der Waals surface area (Å²) in [6.07, 6.45) is 0. The Morgan fingerprint density at radius 1 is 0.241 bits per heavy atom. The molecule has 8 aromatic rings. The van der Waals surface area contributed by atoms with Crippen molar-refractivity contribution in [3.63, 3.8) is 0 Å². The Morgan fingerprint density at radius 3 is 0.537 bits per heavy atom. The van der Waals surface area contributed by atoms with Gasteiger partial charge in [0.15, 0.2) is 0 Å². The lowest BCUT2D eigenvalue weighted by Crippen LogP contribution is -1.87. The Labute approximate surface area is 322 Å². The number of hydrogen-bond donors (Lipinski definition) is 4. The van der Waals surface area contributed by atoms with E-state index in [1.165, 1.54) is 11.1 Å². The summed E-state index contributed by atoms with van der Waals surface area (Å²) < 4.78 is 0. The minimum Gasteiger partial charge on any atom is -0.399 e. The summed E-state index contributed by atoms with van der Waals surface area (Å²) in [6.45, 7) is 4.17. The van der Waals surface area contributed by atoms with Crippen molar-refractivity contribution in [2.24, 2.45) is 0 Å². The highest BCUT2D eigenvalue weighted by Gasteiger charge is 1.91. The highest BCUT2D eigenvalue weighted by atomic mass is 14.9. The highest BCUT2D eigenvalue weighted by Crippen LogP contribution is 2.15. The summed E-state index contributed by atoms with van der Waals surface area (Å²) in [5.74, 6) is 0. The number of aryl methyl sites for hydroxylation is 2. The van der Waals surface area contributed by atoms with Crippen LogP contribution in [-0.2, 0) is 0 Å². The van der Waals surface area contributed by atoms with Gasteiger partial charge < -0.3 is 22.1 Å². The fourth-order valence-electron chi connectivity index (χ4n) is 4.39. The molecule has 6 N–H and O–H groups in total. The van der Waals surface area contributed by atoms with Crippen molar-refractivity contribution in [3.05, 3.63) is 254 Å². The smallest absolute Gasteiger partial charge is 0.0384 e. The zero-order valence-electron chi connectivity index (χ0n) is 31.2. The molecule has 4 nitrogen and oxygen atoms in total. The van der Waals surface area contributed by atoms with Crippen LogP contribution >= 0.6 is 0 Å². The van der Waals surface area contributed by atoms with Gasteiger partial charge in [-0.25, -0.2) is 0 Å². The van der Waals surface area contributed by atoms with Crippen molar-refractivity contribution < 1.29 is 0 Å². The maximum Gasteiger partial charge on any atom is 0.0384 e. The highest BCUT2D eigenvalue weighted by molar-refractivity contribution is 5.59. The van der Waals surface area contributed by atoms with Crippen LogP contribution in [0, 0.1) is 13.8 Å². The fourth-order valence-corrected chi connectivity index (χ4v) is 4.39. The number of anilines is 6. The molecule has 8 rings (SSSR count). The van der Waals surface area contributed by atoms with Gasteiger partial charge in [0, 0.05) is 34.1 Å². The lowest BCUT2D eigenvalue weighted by molar-refractivity contribution is 1.48. The van der Waals surface area contributed by atoms with E-state index in [-0.39, 0.29) is 0 Å². The van der Waals surface area contributed by atoms with Gasteiger partial charge in [0.2, 0.25) is 0 Å². The monoisotopic (exact) mass is 708 g/mol. The van der Waals surface area contributed by atoms with Crippen molar-refractivity contribution in [1.29, 1.82) is 0 Å². The molecule has 0 fully saturated rings. The summed E-state index contributed by atoms with van der Waals surface area (Å²) in [4.78, 5) is 0. The second kappa shape index (κ2) is 26.7. The molecule has 54 heavy (non-hydrogen) atoms. The summed E-state index contributed by atoms with van der Waals surface area (Å²) in [6, 6.07) is 80.1. The van der Waals surface area contributed by atoms with E-state index in [0.717, 1.165) is 34.1 Å². The molecular formula is C50H52N4. The average molecular weight is 709 g/mol. The number of rotatable bonds is 4. The quantitative estimate of drug-likeness (QED) is 0.137. The maximum atomic E-state index is 5.36. The van der Waals surface area contributed by atoms with Crippen molar-refractivity contribution in [2.75, 3.05) is 22.1 Å². The molecule has 0 amide bonds. The summed E-state index contributed by atoms with van der Waals surface area (Å²) in [5, 5.41) is 6.61. The molecule has 0 heterocycles. The Hall–Kier alpha value is -7.04. The molecular weight excluding hydrogens is 657 g/mol. The molecule has 0 aromatic heterocycles. The third-order valence-electron chi connectivity index (χ3n) is 7.15. The molecule has 0 radical (unpaired) electrons. The zero-order chi connectivity index (χ0) is 38.3. The van der Waals surface area contributed by atoms with Crippen molar-refractivity contribution in [3.8, 4) is 0 Å². The maximum absolute atomic E-state index is 5.36. The van der Waals surface area contributed by atoms with Gasteiger partial charge in [0.25, 0.3) is 0 Å². The molecule has 0 bridgehead atoms. The normalized spacial score (nSPS) is 9.07.